The van der Waals surface area contributed by atoms with Crippen LogP contribution in [0.1, 0.15) is 71.7 Å². The predicted molar refractivity (Wildman–Crippen MR) is 121 cm³/mol. The molecule has 1 saturated carbocycles. The maximum atomic E-state index is 13.6. The van der Waals surface area contributed by atoms with E-state index in [0.717, 1.165) is 18.4 Å². The standard InChI is InChI=1S/C26H26N2O5/c1-16(2)17-7-9-18(10-8-17)22(29)15-33-25(32)26-14-13-23(30)28(26)21-6-4-3-5-20(21)24(31)27(26)19-11-12-19/h3-10,16,19H,11-15H2,1-2H3. The lowest BCUT2D eigenvalue weighted by molar-refractivity contribution is -0.156. The second-order valence-electron chi connectivity index (χ2n) is 9.25. The number of rotatable bonds is 6. The summed E-state index contributed by atoms with van der Waals surface area (Å²) >= 11 is 0. The number of carbonyl (C=O) groups excluding carboxylic acids is 4. The Kier molecular flexibility index (Phi) is 5.07. The van der Waals surface area contributed by atoms with E-state index in [1.807, 2.05) is 12.1 Å². The number of ether oxygens (including phenoxy) is 1. The summed E-state index contributed by atoms with van der Waals surface area (Å²) in [6.07, 6.45) is 1.82. The van der Waals surface area contributed by atoms with Gasteiger partial charge in [-0.1, -0.05) is 50.2 Å². The predicted octanol–water partition coefficient (Wildman–Crippen LogP) is 3.68. The molecule has 2 amide bonds. The molecule has 1 unspecified atom stereocenters. The van der Waals surface area contributed by atoms with Crippen LogP contribution in [0.3, 0.4) is 0 Å². The van der Waals surface area contributed by atoms with Gasteiger partial charge in [0.1, 0.15) is 0 Å². The fraction of sp³-hybridized carbons (Fsp3) is 0.385. The van der Waals surface area contributed by atoms with E-state index < -0.39 is 18.2 Å². The SMILES string of the molecule is CC(C)c1ccc(C(=O)COC(=O)C23CCC(=O)N2c2ccccc2C(=O)N3C2CC2)cc1. The molecule has 1 aliphatic carbocycles. The van der Waals surface area contributed by atoms with Gasteiger partial charge in [0.25, 0.3) is 5.91 Å². The second-order valence-corrected chi connectivity index (χ2v) is 9.25. The summed E-state index contributed by atoms with van der Waals surface area (Å²) in [6, 6.07) is 14.0. The molecule has 0 N–H and O–H groups in total. The second kappa shape index (κ2) is 7.83. The Morgan fingerprint density at radius 3 is 2.42 bits per heavy atom. The molecule has 0 bridgehead atoms. The normalized spacial score (nSPS) is 21.8. The van der Waals surface area contributed by atoms with Gasteiger partial charge in [0.2, 0.25) is 11.6 Å². The van der Waals surface area contributed by atoms with Crippen molar-refractivity contribution in [3.63, 3.8) is 0 Å². The highest BCUT2D eigenvalue weighted by atomic mass is 16.5. The fourth-order valence-corrected chi connectivity index (χ4v) is 4.90. The Bertz CT molecular complexity index is 1150. The molecule has 2 fully saturated rings. The van der Waals surface area contributed by atoms with Crippen LogP contribution in [0, 0.1) is 0 Å². The van der Waals surface area contributed by atoms with E-state index >= 15 is 0 Å². The first kappa shape index (κ1) is 21.4. The maximum absolute atomic E-state index is 13.6. The number of hydrogen-bond donors (Lipinski definition) is 0. The molecule has 1 atom stereocenters. The minimum Gasteiger partial charge on any atom is -0.454 e. The Labute approximate surface area is 192 Å². The third-order valence-corrected chi connectivity index (χ3v) is 6.77. The fourth-order valence-electron chi connectivity index (χ4n) is 4.90. The van der Waals surface area contributed by atoms with Crippen molar-refractivity contribution in [2.75, 3.05) is 11.5 Å². The molecule has 3 aliphatic rings. The zero-order chi connectivity index (χ0) is 23.3. The minimum absolute atomic E-state index is 0.119. The van der Waals surface area contributed by atoms with Crippen LogP contribution in [0.15, 0.2) is 48.5 Å². The van der Waals surface area contributed by atoms with E-state index in [9.17, 15) is 19.2 Å². The third kappa shape index (κ3) is 3.34. The number of anilines is 1. The molecule has 2 aliphatic heterocycles. The lowest BCUT2D eigenvalue weighted by atomic mass is 9.96. The highest BCUT2D eigenvalue weighted by Crippen LogP contribution is 2.49. The third-order valence-electron chi connectivity index (χ3n) is 6.77. The van der Waals surface area contributed by atoms with Gasteiger partial charge in [-0.15, -0.1) is 0 Å². The number of amides is 2. The van der Waals surface area contributed by atoms with Gasteiger partial charge in [0.05, 0.1) is 11.3 Å². The van der Waals surface area contributed by atoms with Crippen LogP contribution in [0.5, 0.6) is 0 Å². The van der Waals surface area contributed by atoms with Gasteiger partial charge in [-0.3, -0.25) is 19.3 Å². The zero-order valence-electron chi connectivity index (χ0n) is 18.7. The Balaban J connectivity index is 1.44. The van der Waals surface area contributed by atoms with Gasteiger partial charge < -0.3 is 9.64 Å². The first-order chi connectivity index (χ1) is 15.8. The van der Waals surface area contributed by atoms with Crippen LogP contribution in [-0.2, 0) is 14.3 Å². The van der Waals surface area contributed by atoms with Crippen molar-refractivity contribution in [3.05, 3.63) is 65.2 Å². The van der Waals surface area contributed by atoms with Crippen LogP contribution < -0.4 is 4.90 Å². The van der Waals surface area contributed by atoms with E-state index in [4.69, 9.17) is 4.74 Å². The summed E-state index contributed by atoms with van der Waals surface area (Å²) in [7, 11) is 0. The molecule has 7 nitrogen and oxygen atoms in total. The minimum atomic E-state index is -1.54. The van der Waals surface area contributed by atoms with Crippen LogP contribution in [0.2, 0.25) is 0 Å². The van der Waals surface area contributed by atoms with E-state index in [1.165, 1.54) is 9.80 Å². The van der Waals surface area contributed by atoms with E-state index in [-0.39, 0.29) is 36.5 Å². The Hall–Kier alpha value is -3.48. The highest BCUT2D eigenvalue weighted by molar-refractivity contribution is 6.16. The first-order valence-corrected chi connectivity index (χ1v) is 11.4. The van der Waals surface area contributed by atoms with Crippen molar-refractivity contribution in [3.8, 4) is 0 Å². The van der Waals surface area contributed by atoms with Crippen LogP contribution in [0.4, 0.5) is 5.69 Å². The molecular formula is C26H26N2O5. The molecular weight excluding hydrogens is 420 g/mol. The average molecular weight is 447 g/mol. The monoisotopic (exact) mass is 446 g/mol. The molecule has 0 radical (unpaired) electrons. The molecule has 0 aromatic heterocycles. The molecule has 2 aromatic rings. The van der Waals surface area contributed by atoms with Gasteiger partial charge in [-0.25, -0.2) is 4.79 Å². The molecule has 7 heteroatoms. The summed E-state index contributed by atoms with van der Waals surface area (Å²) in [5.41, 5.74) is 0.861. The number of fused-ring (bicyclic) bond motifs is 3. The summed E-state index contributed by atoms with van der Waals surface area (Å²) in [4.78, 5) is 55.6. The van der Waals surface area contributed by atoms with E-state index in [1.54, 1.807) is 36.4 Å². The molecule has 170 valence electrons. The van der Waals surface area contributed by atoms with Crippen molar-refractivity contribution in [1.82, 2.24) is 4.90 Å². The number of para-hydroxylation sites is 1. The Morgan fingerprint density at radius 1 is 1.06 bits per heavy atom. The first-order valence-electron chi connectivity index (χ1n) is 11.4. The summed E-state index contributed by atoms with van der Waals surface area (Å²) in [6.45, 7) is 3.70. The van der Waals surface area contributed by atoms with Crippen molar-refractivity contribution < 1.29 is 23.9 Å². The number of benzene rings is 2. The van der Waals surface area contributed by atoms with Crippen LogP contribution >= 0.6 is 0 Å². The topological polar surface area (TPSA) is 84.0 Å². The van der Waals surface area contributed by atoms with Gasteiger partial charge in [-0.2, -0.15) is 0 Å². The van der Waals surface area contributed by atoms with Crippen molar-refractivity contribution in [1.29, 1.82) is 0 Å². The lowest BCUT2D eigenvalue weighted by Gasteiger charge is -2.48. The summed E-state index contributed by atoms with van der Waals surface area (Å²) in [5, 5.41) is 0. The van der Waals surface area contributed by atoms with Gasteiger partial charge >= 0.3 is 5.97 Å². The van der Waals surface area contributed by atoms with E-state index in [2.05, 4.69) is 13.8 Å². The summed E-state index contributed by atoms with van der Waals surface area (Å²) < 4.78 is 5.52. The van der Waals surface area contributed by atoms with Gasteiger partial charge in [0.15, 0.2) is 12.4 Å². The quantitative estimate of drug-likeness (QED) is 0.499. The Morgan fingerprint density at radius 2 is 1.76 bits per heavy atom. The van der Waals surface area contributed by atoms with Gasteiger partial charge in [-0.05, 0) is 36.5 Å². The number of ketones is 1. The maximum Gasteiger partial charge on any atom is 0.354 e. The van der Waals surface area contributed by atoms with Crippen molar-refractivity contribution in [2.24, 2.45) is 0 Å². The zero-order valence-corrected chi connectivity index (χ0v) is 18.7. The number of nitrogens with zero attached hydrogens (tertiary/aromatic N) is 2. The highest BCUT2D eigenvalue weighted by Gasteiger charge is 2.64. The molecule has 2 heterocycles. The van der Waals surface area contributed by atoms with Crippen molar-refractivity contribution in [2.45, 2.75) is 57.2 Å². The summed E-state index contributed by atoms with van der Waals surface area (Å²) in [5.74, 6) is -1.21. The lowest BCUT2D eigenvalue weighted by Crippen LogP contribution is -2.69. The van der Waals surface area contributed by atoms with Gasteiger partial charge in [0, 0.05) is 24.4 Å². The van der Waals surface area contributed by atoms with Crippen LogP contribution in [-0.4, -0.2) is 46.8 Å². The van der Waals surface area contributed by atoms with Crippen molar-refractivity contribution >= 4 is 29.3 Å². The number of esters is 1. The smallest absolute Gasteiger partial charge is 0.354 e. The van der Waals surface area contributed by atoms with Crippen LogP contribution in [0.25, 0.3) is 0 Å². The molecule has 1 saturated heterocycles. The number of carbonyl (C=O) groups is 4. The number of Topliss-reactive ketones (excluding diaryl/α,β-unsaturated/α-hetero) is 1. The average Bonchev–Trinajstić information content (AvgIpc) is 3.59. The van der Waals surface area contributed by atoms with E-state index in [0.29, 0.717) is 22.7 Å². The molecule has 2 aromatic carbocycles. The molecule has 5 rings (SSSR count). The molecule has 33 heavy (non-hydrogen) atoms. The molecule has 0 spiro atoms. The largest absolute Gasteiger partial charge is 0.454 e. The number of hydrogen-bond acceptors (Lipinski definition) is 5.